The van der Waals surface area contributed by atoms with Gasteiger partial charge in [0.25, 0.3) is 0 Å². The highest BCUT2D eigenvalue weighted by Crippen LogP contribution is 2.25. The van der Waals surface area contributed by atoms with Crippen molar-refractivity contribution >= 4 is 0 Å². The van der Waals surface area contributed by atoms with Gasteiger partial charge in [0.15, 0.2) is 0 Å². The van der Waals surface area contributed by atoms with Crippen LogP contribution < -0.4 is 10.1 Å². The molecule has 0 bridgehead atoms. The highest BCUT2D eigenvalue weighted by atomic mass is 19.1. The predicted octanol–water partition coefficient (Wildman–Crippen LogP) is 3.35. The van der Waals surface area contributed by atoms with Gasteiger partial charge in [-0.15, -0.1) is 0 Å². The van der Waals surface area contributed by atoms with Gasteiger partial charge in [-0.05, 0) is 50.2 Å². The summed E-state index contributed by atoms with van der Waals surface area (Å²) in [5, 5.41) is 2.97. The Morgan fingerprint density at radius 3 is 2.47 bits per heavy atom. The van der Waals surface area contributed by atoms with Gasteiger partial charge in [-0.3, -0.25) is 0 Å². The number of aromatic nitrogens is 1. The van der Waals surface area contributed by atoms with Gasteiger partial charge in [0.05, 0.1) is 6.20 Å². The molecule has 0 atom stereocenters. The number of halogens is 1. The van der Waals surface area contributed by atoms with Crippen molar-refractivity contribution in [3.05, 3.63) is 53.0 Å². The molecular weight excluding hydrogens is 243 g/mol. The highest BCUT2D eigenvalue weighted by Gasteiger charge is 2.08. The van der Waals surface area contributed by atoms with Crippen molar-refractivity contribution in [1.29, 1.82) is 0 Å². The van der Waals surface area contributed by atoms with Gasteiger partial charge in [0, 0.05) is 12.1 Å². The zero-order valence-corrected chi connectivity index (χ0v) is 11.3. The molecule has 0 unspecified atom stereocenters. The number of nitrogens with one attached hydrogen (secondary N) is 1. The number of pyridine rings is 1. The van der Waals surface area contributed by atoms with Crippen LogP contribution in [-0.2, 0) is 6.54 Å². The maximum Gasteiger partial charge on any atom is 0.223 e. The Hall–Kier alpha value is -1.94. The molecule has 19 heavy (non-hydrogen) atoms. The first kappa shape index (κ1) is 13.5. The number of hydrogen-bond donors (Lipinski definition) is 1. The number of hydrogen-bond acceptors (Lipinski definition) is 3. The average molecular weight is 260 g/mol. The molecule has 0 spiro atoms. The Balaban J connectivity index is 2.31. The topological polar surface area (TPSA) is 34.2 Å². The molecule has 0 fully saturated rings. The summed E-state index contributed by atoms with van der Waals surface area (Å²) in [6, 6.07) is 7.36. The minimum Gasteiger partial charge on any atom is -0.439 e. The summed E-state index contributed by atoms with van der Waals surface area (Å²) in [7, 11) is 1.80. The maximum atomic E-state index is 13.2. The average Bonchev–Trinajstić information content (AvgIpc) is 2.32. The van der Waals surface area contributed by atoms with Crippen molar-refractivity contribution in [2.75, 3.05) is 7.05 Å². The second kappa shape index (κ2) is 5.80. The smallest absolute Gasteiger partial charge is 0.223 e. The molecule has 2 aromatic rings. The lowest BCUT2D eigenvalue weighted by Crippen LogP contribution is -2.07. The number of rotatable bonds is 4. The van der Waals surface area contributed by atoms with E-state index >= 15 is 0 Å². The fourth-order valence-electron chi connectivity index (χ4n) is 1.98. The second-order valence-electron chi connectivity index (χ2n) is 4.57. The first-order valence-electron chi connectivity index (χ1n) is 6.13. The summed E-state index contributed by atoms with van der Waals surface area (Å²) in [6.45, 7) is 4.52. The van der Waals surface area contributed by atoms with Gasteiger partial charge < -0.3 is 10.1 Å². The van der Waals surface area contributed by atoms with Crippen LogP contribution in [0.2, 0.25) is 0 Å². The van der Waals surface area contributed by atoms with Crippen LogP contribution in [0.1, 0.15) is 16.7 Å². The van der Waals surface area contributed by atoms with E-state index in [1.54, 1.807) is 7.05 Å². The van der Waals surface area contributed by atoms with E-state index < -0.39 is 0 Å². The molecule has 100 valence electrons. The summed E-state index contributed by atoms with van der Waals surface area (Å²) < 4.78 is 19.0. The number of ether oxygens (including phenoxy) is 1. The van der Waals surface area contributed by atoms with Gasteiger partial charge >= 0.3 is 0 Å². The highest BCUT2D eigenvalue weighted by molar-refractivity contribution is 5.37. The SMILES string of the molecule is CNCc1cc(F)cnc1Oc1cc(C)cc(C)c1. The third-order valence-electron chi connectivity index (χ3n) is 2.67. The molecule has 0 amide bonds. The molecular formula is C15H17FN2O. The number of aryl methyl sites for hydroxylation is 2. The molecule has 0 aliphatic heterocycles. The first-order valence-corrected chi connectivity index (χ1v) is 6.13. The Morgan fingerprint density at radius 2 is 1.84 bits per heavy atom. The Bertz CT molecular complexity index is 564. The molecule has 0 saturated heterocycles. The predicted molar refractivity (Wildman–Crippen MR) is 72.9 cm³/mol. The number of benzene rings is 1. The Morgan fingerprint density at radius 1 is 1.16 bits per heavy atom. The van der Waals surface area contributed by atoms with Crippen molar-refractivity contribution in [2.24, 2.45) is 0 Å². The zero-order chi connectivity index (χ0) is 13.8. The maximum absolute atomic E-state index is 13.2. The van der Waals surface area contributed by atoms with E-state index in [0.717, 1.165) is 17.3 Å². The molecule has 0 radical (unpaired) electrons. The lowest BCUT2D eigenvalue weighted by Gasteiger charge is -2.11. The van der Waals surface area contributed by atoms with Crippen molar-refractivity contribution in [1.82, 2.24) is 10.3 Å². The minimum atomic E-state index is -0.363. The first-order chi connectivity index (χ1) is 9.08. The minimum absolute atomic E-state index is 0.363. The van der Waals surface area contributed by atoms with E-state index in [1.165, 1.54) is 6.07 Å². The van der Waals surface area contributed by atoms with Crippen LogP contribution >= 0.6 is 0 Å². The van der Waals surface area contributed by atoms with E-state index in [-0.39, 0.29) is 5.82 Å². The van der Waals surface area contributed by atoms with E-state index in [2.05, 4.69) is 16.4 Å². The molecule has 3 nitrogen and oxygen atoms in total. The monoisotopic (exact) mass is 260 g/mol. The quantitative estimate of drug-likeness (QED) is 0.915. The molecule has 0 aliphatic carbocycles. The molecule has 2 rings (SSSR count). The van der Waals surface area contributed by atoms with Gasteiger partial charge in [0.2, 0.25) is 5.88 Å². The van der Waals surface area contributed by atoms with Crippen LogP contribution in [0.4, 0.5) is 4.39 Å². The van der Waals surface area contributed by atoms with Crippen molar-refractivity contribution in [3.8, 4) is 11.6 Å². The van der Waals surface area contributed by atoms with Crippen LogP contribution in [-0.4, -0.2) is 12.0 Å². The van der Waals surface area contributed by atoms with Gasteiger partial charge in [-0.25, -0.2) is 9.37 Å². The van der Waals surface area contributed by atoms with Gasteiger partial charge in [0.1, 0.15) is 11.6 Å². The van der Waals surface area contributed by atoms with E-state index in [1.807, 2.05) is 26.0 Å². The van der Waals surface area contributed by atoms with E-state index in [0.29, 0.717) is 23.7 Å². The molecule has 1 aromatic carbocycles. The van der Waals surface area contributed by atoms with Crippen LogP contribution in [0.3, 0.4) is 0 Å². The lowest BCUT2D eigenvalue weighted by atomic mass is 10.1. The standard InChI is InChI=1S/C15H17FN2O/c1-10-4-11(2)6-14(5-10)19-15-12(8-17-3)7-13(16)9-18-15/h4-7,9,17H,8H2,1-3H3. The van der Waals surface area contributed by atoms with E-state index in [4.69, 9.17) is 4.74 Å². The molecule has 0 aliphatic rings. The third-order valence-corrected chi connectivity index (χ3v) is 2.67. The van der Waals surface area contributed by atoms with Crippen LogP contribution in [0.5, 0.6) is 11.6 Å². The van der Waals surface area contributed by atoms with Gasteiger partial charge in [-0.1, -0.05) is 6.07 Å². The second-order valence-corrected chi connectivity index (χ2v) is 4.57. The summed E-state index contributed by atoms with van der Waals surface area (Å²) in [4.78, 5) is 4.01. The fraction of sp³-hybridized carbons (Fsp3) is 0.267. The molecule has 4 heteroatoms. The normalized spacial score (nSPS) is 10.5. The van der Waals surface area contributed by atoms with E-state index in [9.17, 15) is 4.39 Å². The Kier molecular flexibility index (Phi) is 4.12. The third kappa shape index (κ3) is 3.51. The molecule has 1 aromatic heterocycles. The fourth-order valence-corrected chi connectivity index (χ4v) is 1.98. The number of nitrogens with zero attached hydrogens (tertiary/aromatic N) is 1. The van der Waals surface area contributed by atoms with Crippen molar-refractivity contribution in [3.63, 3.8) is 0 Å². The lowest BCUT2D eigenvalue weighted by molar-refractivity contribution is 0.449. The van der Waals surface area contributed by atoms with Crippen LogP contribution in [0.15, 0.2) is 30.5 Å². The van der Waals surface area contributed by atoms with Crippen LogP contribution in [0, 0.1) is 19.7 Å². The summed E-state index contributed by atoms with van der Waals surface area (Å²) in [5.41, 5.74) is 2.93. The van der Waals surface area contributed by atoms with Crippen molar-refractivity contribution in [2.45, 2.75) is 20.4 Å². The summed E-state index contributed by atoms with van der Waals surface area (Å²) >= 11 is 0. The molecule has 0 saturated carbocycles. The summed E-state index contributed by atoms with van der Waals surface area (Å²) in [5.74, 6) is 0.785. The molecule has 1 heterocycles. The van der Waals surface area contributed by atoms with Gasteiger partial charge in [-0.2, -0.15) is 0 Å². The Labute approximate surface area is 112 Å². The zero-order valence-electron chi connectivity index (χ0n) is 11.3. The summed E-state index contributed by atoms with van der Waals surface area (Å²) in [6.07, 6.45) is 1.16. The van der Waals surface area contributed by atoms with Crippen molar-refractivity contribution < 1.29 is 9.13 Å². The largest absolute Gasteiger partial charge is 0.439 e. The molecule has 1 N–H and O–H groups in total. The van der Waals surface area contributed by atoms with Crippen LogP contribution in [0.25, 0.3) is 0 Å².